The summed E-state index contributed by atoms with van der Waals surface area (Å²) in [6.45, 7) is 2.79. The summed E-state index contributed by atoms with van der Waals surface area (Å²) >= 11 is 0.868. The largest absolute Gasteiger partial charge is 0.341 e. The van der Waals surface area contributed by atoms with Crippen molar-refractivity contribution in [3.8, 4) is 11.3 Å². The molecule has 0 spiro atoms. The lowest BCUT2D eigenvalue weighted by atomic mass is 9.97. The van der Waals surface area contributed by atoms with Gasteiger partial charge in [-0.25, -0.2) is 14.4 Å². The molecule has 2 N–H and O–H groups in total. The summed E-state index contributed by atoms with van der Waals surface area (Å²) in [5.74, 6) is 0.322. The van der Waals surface area contributed by atoms with Crippen LogP contribution in [0.25, 0.3) is 28.1 Å². The first-order chi connectivity index (χ1) is 19.5. The summed E-state index contributed by atoms with van der Waals surface area (Å²) in [5.41, 5.74) is 2.86. The smallest absolute Gasteiger partial charge is 0.290 e. The number of benzene rings is 1. The minimum absolute atomic E-state index is 0.321. The van der Waals surface area contributed by atoms with E-state index in [1.54, 1.807) is 24.5 Å². The number of piperidine rings is 1. The highest BCUT2D eigenvalue weighted by molar-refractivity contribution is 8.18. The SMILES string of the molecule is O=C1NC(=O)/C(=C/c2ccnc(N3CCC(CNCc4cc(-c5cccc6cnccc56)ncc4F)CC3)n2)S1. The minimum Gasteiger partial charge on any atom is -0.341 e. The van der Waals surface area contributed by atoms with Crippen molar-refractivity contribution < 1.29 is 14.0 Å². The molecule has 2 aliphatic rings. The molecule has 2 amide bonds. The van der Waals surface area contributed by atoms with Crippen LogP contribution in [0.1, 0.15) is 24.1 Å². The van der Waals surface area contributed by atoms with E-state index in [1.165, 1.54) is 6.20 Å². The Bertz CT molecular complexity index is 1620. The van der Waals surface area contributed by atoms with E-state index in [2.05, 4.69) is 35.5 Å². The monoisotopic (exact) mass is 555 g/mol. The molecule has 0 aliphatic carbocycles. The van der Waals surface area contributed by atoms with Crippen LogP contribution >= 0.6 is 11.8 Å². The average Bonchev–Trinajstić information content (AvgIpc) is 3.30. The molecule has 3 aromatic heterocycles. The highest BCUT2D eigenvalue weighted by atomic mass is 32.2. The average molecular weight is 556 g/mol. The third kappa shape index (κ3) is 5.70. The number of pyridine rings is 2. The highest BCUT2D eigenvalue weighted by Crippen LogP contribution is 2.28. The maximum atomic E-state index is 14.6. The molecule has 1 aromatic carbocycles. The third-order valence-electron chi connectivity index (χ3n) is 7.12. The number of rotatable bonds is 7. The maximum absolute atomic E-state index is 14.6. The highest BCUT2D eigenvalue weighted by Gasteiger charge is 2.26. The molecule has 2 fully saturated rings. The molecular formula is C29H26FN7O2S. The van der Waals surface area contributed by atoms with Crippen molar-refractivity contribution in [2.75, 3.05) is 24.5 Å². The molecule has 4 aromatic rings. The van der Waals surface area contributed by atoms with Gasteiger partial charge >= 0.3 is 0 Å². The number of amides is 2. The molecule has 11 heteroatoms. The molecule has 0 unspecified atom stereocenters. The number of thioether (sulfide) groups is 1. The second kappa shape index (κ2) is 11.5. The number of hydrogen-bond acceptors (Lipinski definition) is 9. The van der Waals surface area contributed by atoms with Crippen molar-refractivity contribution in [1.29, 1.82) is 0 Å². The number of anilines is 1. The number of carbonyl (C=O) groups is 2. The van der Waals surface area contributed by atoms with Crippen LogP contribution in [0.2, 0.25) is 0 Å². The molecule has 9 nitrogen and oxygen atoms in total. The van der Waals surface area contributed by atoms with E-state index in [-0.39, 0.29) is 11.1 Å². The van der Waals surface area contributed by atoms with Gasteiger partial charge in [0.2, 0.25) is 5.95 Å². The second-order valence-electron chi connectivity index (χ2n) is 9.76. The van der Waals surface area contributed by atoms with Crippen molar-refractivity contribution in [1.82, 2.24) is 30.6 Å². The number of aromatic nitrogens is 4. The molecule has 40 heavy (non-hydrogen) atoms. The van der Waals surface area contributed by atoms with Crippen molar-refractivity contribution >= 4 is 45.7 Å². The quantitative estimate of drug-likeness (QED) is 0.317. The van der Waals surface area contributed by atoms with E-state index in [0.717, 1.165) is 66.3 Å². The van der Waals surface area contributed by atoms with E-state index < -0.39 is 5.91 Å². The van der Waals surface area contributed by atoms with E-state index in [4.69, 9.17) is 0 Å². The zero-order valence-corrected chi connectivity index (χ0v) is 22.3. The standard InChI is InChI=1S/C29H26FN7O2S/c30-24-17-34-25(23-3-1-2-19-15-31-8-5-22(19)23)12-20(24)16-32-14-18-6-10-37(11-7-18)28-33-9-4-21(35-28)13-26-27(38)36-29(39)40-26/h1-5,8-9,12-13,15,17-18,32H,6-7,10-11,14,16H2,(H,36,38,39)/b26-13-. The molecule has 0 saturated carbocycles. The summed E-state index contributed by atoms with van der Waals surface area (Å²) in [6.07, 6.45) is 10.0. The van der Waals surface area contributed by atoms with Gasteiger partial charge in [0.25, 0.3) is 11.1 Å². The van der Waals surface area contributed by atoms with Gasteiger partial charge in [-0.2, -0.15) is 0 Å². The molecule has 0 atom stereocenters. The van der Waals surface area contributed by atoms with Gasteiger partial charge in [-0.3, -0.25) is 24.9 Å². The molecule has 2 aliphatic heterocycles. The summed E-state index contributed by atoms with van der Waals surface area (Å²) in [5, 5.41) is 7.36. The van der Waals surface area contributed by atoms with Crippen molar-refractivity contribution in [3.05, 3.63) is 83.2 Å². The number of nitrogens with zero attached hydrogens (tertiary/aromatic N) is 5. The van der Waals surface area contributed by atoms with E-state index in [1.807, 2.05) is 36.5 Å². The number of hydrogen-bond donors (Lipinski definition) is 2. The minimum atomic E-state index is -0.405. The summed E-state index contributed by atoms with van der Waals surface area (Å²) in [7, 11) is 0. The van der Waals surface area contributed by atoms with Gasteiger partial charge < -0.3 is 10.2 Å². The van der Waals surface area contributed by atoms with E-state index in [9.17, 15) is 14.0 Å². The zero-order valence-electron chi connectivity index (χ0n) is 21.5. The fourth-order valence-electron chi connectivity index (χ4n) is 5.01. The fraction of sp³-hybridized carbons (Fsp3) is 0.241. The van der Waals surface area contributed by atoms with Crippen LogP contribution in [-0.2, 0) is 11.3 Å². The van der Waals surface area contributed by atoms with Crippen LogP contribution in [0.5, 0.6) is 0 Å². The Morgan fingerprint density at radius 1 is 1.10 bits per heavy atom. The van der Waals surface area contributed by atoms with Crippen LogP contribution < -0.4 is 15.5 Å². The molecule has 0 radical (unpaired) electrons. The Labute approximate surface area is 234 Å². The Balaban J connectivity index is 1.04. The predicted molar refractivity (Wildman–Crippen MR) is 153 cm³/mol. The Morgan fingerprint density at radius 2 is 1.98 bits per heavy atom. The fourth-order valence-corrected chi connectivity index (χ4v) is 5.67. The van der Waals surface area contributed by atoms with Gasteiger partial charge in [0, 0.05) is 54.7 Å². The van der Waals surface area contributed by atoms with Crippen LogP contribution in [0.3, 0.4) is 0 Å². The lowest BCUT2D eigenvalue weighted by Crippen LogP contribution is -2.38. The Hall–Kier alpha value is -4.22. The number of fused-ring (bicyclic) bond motifs is 1. The summed E-state index contributed by atoms with van der Waals surface area (Å²) < 4.78 is 14.6. The van der Waals surface area contributed by atoms with Gasteiger partial charge in [0.15, 0.2) is 0 Å². The number of halogens is 1. The van der Waals surface area contributed by atoms with Crippen molar-refractivity contribution in [2.45, 2.75) is 19.4 Å². The first kappa shape index (κ1) is 26.0. The van der Waals surface area contributed by atoms with Crippen LogP contribution in [0.4, 0.5) is 15.1 Å². The van der Waals surface area contributed by atoms with Crippen LogP contribution in [-0.4, -0.2) is 50.7 Å². The Kier molecular flexibility index (Phi) is 7.47. The molecule has 0 bridgehead atoms. The molecule has 5 heterocycles. The summed E-state index contributed by atoms with van der Waals surface area (Å²) in [6, 6.07) is 11.4. The lowest BCUT2D eigenvalue weighted by molar-refractivity contribution is -0.115. The molecule has 6 rings (SSSR count). The van der Waals surface area contributed by atoms with E-state index in [0.29, 0.717) is 34.6 Å². The van der Waals surface area contributed by atoms with Crippen molar-refractivity contribution in [2.24, 2.45) is 5.92 Å². The van der Waals surface area contributed by atoms with Gasteiger partial charge in [-0.1, -0.05) is 18.2 Å². The number of nitrogens with one attached hydrogen (secondary N) is 2. The topological polar surface area (TPSA) is 113 Å². The van der Waals surface area contributed by atoms with Crippen molar-refractivity contribution in [3.63, 3.8) is 0 Å². The normalized spacial score (nSPS) is 17.1. The second-order valence-corrected chi connectivity index (χ2v) is 10.8. The number of imide groups is 1. The van der Waals surface area contributed by atoms with Gasteiger partial charge in [0.05, 0.1) is 22.5 Å². The molecular weight excluding hydrogens is 529 g/mol. The van der Waals surface area contributed by atoms with Gasteiger partial charge in [0.1, 0.15) is 5.82 Å². The first-order valence-electron chi connectivity index (χ1n) is 13.0. The van der Waals surface area contributed by atoms with E-state index >= 15 is 0 Å². The van der Waals surface area contributed by atoms with Gasteiger partial charge in [-0.05, 0) is 66.7 Å². The first-order valence-corrected chi connectivity index (χ1v) is 13.9. The third-order valence-corrected chi connectivity index (χ3v) is 7.93. The zero-order chi connectivity index (χ0) is 27.5. The summed E-state index contributed by atoms with van der Waals surface area (Å²) in [4.78, 5) is 43.2. The maximum Gasteiger partial charge on any atom is 0.290 e. The van der Waals surface area contributed by atoms with Crippen LogP contribution in [0.15, 0.2) is 66.1 Å². The predicted octanol–water partition coefficient (Wildman–Crippen LogP) is 4.56. The number of carbonyl (C=O) groups excluding carboxylic acids is 2. The Morgan fingerprint density at radius 3 is 2.80 bits per heavy atom. The van der Waals surface area contributed by atoms with Crippen LogP contribution in [0, 0.1) is 11.7 Å². The lowest BCUT2D eigenvalue weighted by Gasteiger charge is -2.32. The molecule has 2 saturated heterocycles. The van der Waals surface area contributed by atoms with Gasteiger partial charge in [-0.15, -0.1) is 0 Å². The molecule has 202 valence electrons.